The average molecular weight is 214 g/mol. The highest BCUT2D eigenvalue weighted by atomic mass is 16.5. The molecule has 1 aliphatic heterocycles. The first-order valence-corrected chi connectivity index (χ1v) is 6.16. The molecule has 15 heavy (non-hydrogen) atoms. The quantitative estimate of drug-likeness (QED) is 0.645. The van der Waals surface area contributed by atoms with Crippen LogP contribution in [0, 0.1) is 11.8 Å². The normalized spacial score (nSPS) is 22.8. The number of nitrogens with zero attached hydrogens (tertiary/aromatic N) is 1. The molecule has 90 valence electrons. The molecule has 0 bridgehead atoms. The van der Waals surface area contributed by atoms with Crippen LogP contribution in [-0.4, -0.2) is 51.3 Å². The topological polar surface area (TPSA) is 24.5 Å². The maximum atomic E-state index is 4.99. The van der Waals surface area contributed by atoms with Gasteiger partial charge in [0, 0.05) is 33.3 Å². The van der Waals surface area contributed by atoms with E-state index in [1.54, 1.807) is 7.11 Å². The molecule has 1 unspecified atom stereocenters. The van der Waals surface area contributed by atoms with Crippen molar-refractivity contribution in [3.8, 4) is 0 Å². The Morgan fingerprint density at radius 2 is 2.20 bits per heavy atom. The van der Waals surface area contributed by atoms with Crippen LogP contribution in [-0.2, 0) is 4.74 Å². The third-order valence-electron chi connectivity index (χ3n) is 3.34. The molecule has 1 aliphatic rings. The fourth-order valence-electron chi connectivity index (χ4n) is 2.15. The molecule has 0 saturated carbocycles. The lowest BCUT2D eigenvalue weighted by molar-refractivity contribution is 0.197. The van der Waals surface area contributed by atoms with E-state index >= 15 is 0 Å². The van der Waals surface area contributed by atoms with Crippen LogP contribution in [0.2, 0.25) is 0 Å². The molecular weight excluding hydrogens is 188 g/mol. The molecule has 0 aromatic heterocycles. The summed E-state index contributed by atoms with van der Waals surface area (Å²) in [5.74, 6) is 1.76. The molecular formula is C12H26N2O. The molecule has 1 fully saturated rings. The minimum atomic E-state index is 0.814. The fraction of sp³-hybridized carbons (Fsp3) is 1.00. The summed E-state index contributed by atoms with van der Waals surface area (Å²) in [5.41, 5.74) is 0. The highest BCUT2D eigenvalue weighted by molar-refractivity contribution is 4.77. The summed E-state index contributed by atoms with van der Waals surface area (Å²) < 4.78 is 4.99. The largest absolute Gasteiger partial charge is 0.383 e. The van der Waals surface area contributed by atoms with Crippen molar-refractivity contribution < 1.29 is 4.74 Å². The Kier molecular flexibility index (Phi) is 6.22. The molecule has 1 rings (SSSR count). The van der Waals surface area contributed by atoms with E-state index < -0.39 is 0 Å². The van der Waals surface area contributed by atoms with Gasteiger partial charge in [0.1, 0.15) is 0 Å². The van der Waals surface area contributed by atoms with Crippen molar-refractivity contribution >= 4 is 0 Å². The first kappa shape index (κ1) is 12.9. The highest BCUT2D eigenvalue weighted by Crippen LogP contribution is 2.22. The summed E-state index contributed by atoms with van der Waals surface area (Å²) in [6, 6.07) is 0. The van der Waals surface area contributed by atoms with E-state index in [9.17, 15) is 0 Å². The second kappa shape index (κ2) is 7.20. The predicted octanol–water partition coefficient (Wildman–Crippen LogP) is 1.20. The number of hydrogen-bond donors (Lipinski definition) is 1. The van der Waals surface area contributed by atoms with Crippen molar-refractivity contribution in [1.29, 1.82) is 0 Å². The highest BCUT2D eigenvalue weighted by Gasteiger charge is 2.23. The minimum Gasteiger partial charge on any atom is -0.383 e. The van der Waals surface area contributed by atoms with E-state index in [-0.39, 0.29) is 0 Å². The zero-order chi connectivity index (χ0) is 11.1. The van der Waals surface area contributed by atoms with Crippen LogP contribution in [0.5, 0.6) is 0 Å². The summed E-state index contributed by atoms with van der Waals surface area (Å²) in [7, 11) is 1.75. The van der Waals surface area contributed by atoms with Gasteiger partial charge in [-0.15, -0.1) is 0 Å². The molecule has 0 radical (unpaired) electrons. The average Bonchev–Trinajstić information content (AvgIpc) is 2.66. The lowest BCUT2D eigenvalue weighted by atomic mass is 9.95. The molecule has 0 amide bonds. The van der Waals surface area contributed by atoms with Gasteiger partial charge in [-0.1, -0.05) is 13.8 Å². The molecule has 1 heterocycles. The van der Waals surface area contributed by atoms with Gasteiger partial charge in [-0.25, -0.2) is 0 Å². The Morgan fingerprint density at radius 3 is 2.80 bits per heavy atom. The van der Waals surface area contributed by atoms with Crippen molar-refractivity contribution in [3.63, 3.8) is 0 Å². The Bertz CT molecular complexity index is 162. The first-order valence-electron chi connectivity index (χ1n) is 6.16. The lowest BCUT2D eigenvalue weighted by Gasteiger charge is -2.17. The third-order valence-corrected chi connectivity index (χ3v) is 3.34. The maximum absolute atomic E-state index is 4.99. The van der Waals surface area contributed by atoms with E-state index in [0.717, 1.165) is 31.5 Å². The molecule has 0 aromatic carbocycles. The van der Waals surface area contributed by atoms with Gasteiger partial charge in [0.15, 0.2) is 0 Å². The van der Waals surface area contributed by atoms with E-state index in [1.807, 2.05) is 0 Å². The van der Waals surface area contributed by atoms with Gasteiger partial charge in [-0.05, 0) is 24.8 Å². The summed E-state index contributed by atoms with van der Waals surface area (Å²) in [6.07, 6.45) is 1.38. The van der Waals surface area contributed by atoms with Crippen molar-refractivity contribution in [2.45, 2.75) is 20.3 Å². The van der Waals surface area contributed by atoms with Gasteiger partial charge >= 0.3 is 0 Å². The predicted molar refractivity (Wildman–Crippen MR) is 64.1 cm³/mol. The van der Waals surface area contributed by atoms with Crippen LogP contribution in [0.3, 0.4) is 0 Å². The monoisotopic (exact) mass is 214 g/mol. The summed E-state index contributed by atoms with van der Waals surface area (Å²) >= 11 is 0. The number of rotatable bonds is 7. The molecule has 0 aromatic rings. The number of ether oxygens (including phenoxy) is 1. The number of hydrogen-bond acceptors (Lipinski definition) is 3. The Balaban J connectivity index is 1.99. The standard InChI is InChI=1S/C12H26N2O/c1-11(2)12-4-7-14(10-12)8-5-13-6-9-15-3/h11-13H,4-10H2,1-3H3. The molecule has 0 aliphatic carbocycles. The maximum Gasteiger partial charge on any atom is 0.0587 e. The van der Waals surface area contributed by atoms with Crippen LogP contribution >= 0.6 is 0 Å². The van der Waals surface area contributed by atoms with Gasteiger partial charge in [-0.3, -0.25) is 0 Å². The number of methoxy groups -OCH3 is 1. The fourth-order valence-corrected chi connectivity index (χ4v) is 2.15. The van der Waals surface area contributed by atoms with Gasteiger partial charge in [0.25, 0.3) is 0 Å². The van der Waals surface area contributed by atoms with Crippen molar-refractivity contribution in [3.05, 3.63) is 0 Å². The smallest absolute Gasteiger partial charge is 0.0587 e. The van der Waals surface area contributed by atoms with Crippen molar-refractivity contribution in [1.82, 2.24) is 10.2 Å². The number of nitrogens with one attached hydrogen (secondary N) is 1. The molecule has 1 saturated heterocycles. The summed E-state index contributed by atoms with van der Waals surface area (Å²) in [5, 5.41) is 3.39. The second-order valence-electron chi connectivity index (χ2n) is 4.84. The summed E-state index contributed by atoms with van der Waals surface area (Å²) in [4.78, 5) is 2.57. The van der Waals surface area contributed by atoms with E-state index in [1.165, 1.54) is 26.1 Å². The Labute approximate surface area is 94.2 Å². The summed E-state index contributed by atoms with van der Waals surface area (Å²) in [6.45, 7) is 11.3. The third kappa shape index (κ3) is 4.96. The SMILES string of the molecule is COCCNCCN1CCC(C(C)C)C1. The van der Waals surface area contributed by atoms with E-state index in [0.29, 0.717) is 0 Å². The van der Waals surface area contributed by atoms with Crippen LogP contribution in [0.4, 0.5) is 0 Å². The van der Waals surface area contributed by atoms with Crippen molar-refractivity contribution in [2.24, 2.45) is 11.8 Å². The van der Waals surface area contributed by atoms with Gasteiger partial charge < -0.3 is 15.0 Å². The van der Waals surface area contributed by atoms with Crippen LogP contribution in [0.1, 0.15) is 20.3 Å². The molecule has 1 atom stereocenters. The van der Waals surface area contributed by atoms with Crippen LogP contribution in [0.15, 0.2) is 0 Å². The molecule has 3 nitrogen and oxygen atoms in total. The zero-order valence-electron chi connectivity index (χ0n) is 10.5. The lowest BCUT2D eigenvalue weighted by Crippen LogP contribution is -2.32. The number of likely N-dealkylation sites (tertiary alicyclic amines) is 1. The first-order chi connectivity index (χ1) is 7.24. The van der Waals surface area contributed by atoms with E-state index in [4.69, 9.17) is 4.74 Å². The Hall–Kier alpha value is -0.120. The van der Waals surface area contributed by atoms with Gasteiger partial charge in [0.2, 0.25) is 0 Å². The van der Waals surface area contributed by atoms with Gasteiger partial charge in [0.05, 0.1) is 6.61 Å². The molecule has 3 heteroatoms. The molecule has 0 spiro atoms. The van der Waals surface area contributed by atoms with Crippen molar-refractivity contribution in [2.75, 3.05) is 46.4 Å². The van der Waals surface area contributed by atoms with E-state index in [2.05, 4.69) is 24.1 Å². The van der Waals surface area contributed by atoms with Crippen LogP contribution < -0.4 is 5.32 Å². The van der Waals surface area contributed by atoms with Gasteiger partial charge in [-0.2, -0.15) is 0 Å². The zero-order valence-corrected chi connectivity index (χ0v) is 10.5. The van der Waals surface area contributed by atoms with Crippen LogP contribution in [0.25, 0.3) is 0 Å². The molecule has 1 N–H and O–H groups in total. The second-order valence-corrected chi connectivity index (χ2v) is 4.84. The Morgan fingerprint density at radius 1 is 1.40 bits per heavy atom. The minimum absolute atomic E-state index is 0.814.